The van der Waals surface area contributed by atoms with Crippen molar-refractivity contribution in [1.29, 1.82) is 0 Å². The van der Waals surface area contributed by atoms with E-state index in [2.05, 4.69) is 5.32 Å². The van der Waals surface area contributed by atoms with Crippen molar-refractivity contribution >= 4 is 17.3 Å². The number of hydrogen-bond donors (Lipinski definition) is 2. The van der Waals surface area contributed by atoms with Gasteiger partial charge in [-0.1, -0.05) is 18.2 Å². The van der Waals surface area contributed by atoms with Gasteiger partial charge in [0.05, 0.1) is 5.92 Å². The molecule has 104 valence electrons. The van der Waals surface area contributed by atoms with E-state index in [4.69, 9.17) is 5.73 Å². The Morgan fingerprint density at radius 2 is 1.95 bits per heavy atom. The van der Waals surface area contributed by atoms with Gasteiger partial charge in [0, 0.05) is 16.9 Å². The minimum atomic E-state index is -0.360. The average molecular weight is 272 g/mol. The summed E-state index contributed by atoms with van der Waals surface area (Å²) < 4.78 is 13.4. The summed E-state index contributed by atoms with van der Waals surface area (Å²) in [6, 6.07) is 11.8. The summed E-state index contributed by atoms with van der Waals surface area (Å²) in [5, 5.41) is 2.75. The highest BCUT2D eigenvalue weighted by Gasteiger charge is 2.16. The molecule has 2 aromatic carbocycles. The molecule has 0 spiro atoms. The SMILES string of the molecule is Cc1c(F)cccc1NC(=O)C(C)c1cccc(N)c1. The third-order valence-corrected chi connectivity index (χ3v) is 3.33. The molecule has 4 heteroatoms. The van der Waals surface area contributed by atoms with Crippen molar-refractivity contribution in [3.05, 3.63) is 59.4 Å². The number of benzene rings is 2. The van der Waals surface area contributed by atoms with Crippen LogP contribution in [0.25, 0.3) is 0 Å². The highest BCUT2D eigenvalue weighted by Crippen LogP contribution is 2.22. The minimum Gasteiger partial charge on any atom is -0.399 e. The van der Waals surface area contributed by atoms with E-state index in [9.17, 15) is 9.18 Å². The summed E-state index contributed by atoms with van der Waals surface area (Å²) in [4.78, 5) is 12.2. The van der Waals surface area contributed by atoms with Crippen LogP contribution in [0.4, 0.5) is 15.8 Å². The second kappa shape index (κ2) is 5.74. The van der Waals surface area contributed by atoms with Gasteiger partial charge in [-0.25, -0.2) is 4.39 Å². The van der Waals surface area contributed by atoms with Gasteiger partial charge in [-0.2, -0.15) is 0 Å². The maximum Gasteiger partial charge on any atom is 0.231 e. The quantitative estimate of drug-likeness (QED) is 0.841. The van der Waals surface area contributed by atoms with E-state index in [-0.39, 0.29) is 17.6 Å². The van der Waals surface area contributed by atoms with Gasteiger partial charge in [-0.15, -0.1) is 0 Å². The van der Waals surface area contributed by atoms with Crippen molar-refractivity contribution in [2.45, 2.75) is 19.8 Å². The molecule has 1 atom stereocenters. The molecule has 2 rings (SSSR count). The molecule has 0 aliphatic rings. The Morgan fingerprint density at radius 1 is 1.25 bits per heavy atom. The molecule has 0 aliphatic heterocycles. The largest absolute Gasteiger partial charge is 0.399 e. The molecule has 3 nitrogen and oxygen atoms in total. The molecule has 0 aromatic heterocycles. The molecule has 0 saturated heterocycles. The summed E-state index contributed by atoms with van der Waals surface area (Å²) in [5.74, 6) is -0.884. The van der Waals surface area contributed by atoms with Gasteiger partial charge >= 0.3 is 0 Å². The Bertz CT molecular complexity index is 640. The van der Waals surface area contributed by atoms with E-state index in [1.54, 1.807) is 38.1 Å². The summed E-state index contributed by atoms with van der Waals surface area (Å²) in [7, 11) is 0. The number of nitrogens with two attached hydrogens (primary N) is 1. The molecule has 0 bridgehead atoms. The van der Waals surface area contributed by atoms with Crippen LogP contribution in [0.1, 0.15) is 24.0 Å². The van der Waals surface area contributed by atoms with Crippen LogP contribution in [0.2, 0.25) is 0 Å². The third-order valence-electron chi connectivity index (χ3n) is 3.33. The second-order valence-electron chi connectivity index (χ2n) is 4.79. The lowest BCUT2D eigenvalue weighted by Crippen LogP contribution is -2.19. The number of rotatable bonds is 3. The van der Waals surface area contributed by atoms with Crippen molar-refractivity contribution in [3.8, 4) is 0 Å². The molecule has 0 saturated carbocycles. The Labute approximate surface area is 117 Å². The van der Waals surface area contributed by atoms with Gasteiger partial charge in [-0.3, -0.25) is 4.79 Å². The molecule has 3 N–H and O–H groups in total. The van der Waals surface area contributed by atoms with Crippen LogP contribution < -0.4 is 11.1 Å². The normalized spacial score (nSPS) is 11.9. The van der Waals surface area contributed by atoms with Crippen LogP contribution in [0.15, 0.2) is 42.5 Å². The number of nitrogen functional groups attached to an aromatic ring is 1. The first-order chi connectivity index (χ1) is 9.49. The summed E-state index contributed by atoms with van der Waals surface area (Å²) in [6.45, 7) is 3.43. The summed E-state index contributed by atoms with van der Waals surface area (Å²) in [5.41, 5.74) is 8.08. The van der Waals surface area contributed by atoms with Gasteiger partial charge in [0.1, 0.15) is 5.82 Å². The van der Waals surface area contributed by atoms with Crippen LogP contribution in [0, 0.1) is 12.7 Å². The lowest BCUT2D eigenvalue weighted by molar-refractivity contribution is -0.117. The van der Waals surface area contributed by atoms with Crippen LogP contribution in [0.3, 0.4) is 0 Å². The predicted molar refractivity (Wildman–Crippen MR) is 79.0 cm³/mol. The smallest absolute Gasteiger partial charge is 0.231 e. The molecule has 2 aromatic rings. The molecule has 1 amide bonds. The number of halogens is 1. The van der Waals surface area contributed by atoms with Crippen LogP contribution >= 0.6 is 0 Å². The lowest BCUT2D eigenvalue weighted by Gasteiger charge is -2.14. The van der Waals surface area contributed by atoms with Crippen molar-refractivity contribution in [3.63, 3.8) is 0 Å². The number of anilines is 2. The lowest BCUT2D eigenvalue weighted by atomic mass is 9.99. The van der Waals surface area contributed by atoms with Crippen LogP contribution in [-0.2, 0) is 4.79 Å². The maximum atomic E-state index is 13.4. The molecule has 0 aliphatic carbocycles. The molecule has 0 fully saturated rings. The first kappa shape index (κ1) is 14.1. The highest BCUT2D eigenvalue weighted by atomic mass is 19.1. The Kier molecular flexibility index (Phi) is 4.03. The van der Waals surface area contributed by atoms with E-state index in [0.29, 0.717) is 16.9 Å². The predicted octanol–water partition coefficient (Wildman–Crippen LogP) is 3.46. The maximum absolute atomic E-state index is 13.4. The Hall–Kier alpha value is -2.36. The summed E-state index contributed by atoms with van der Waals surface area (Å²) in [6.07, 6.45) is 0. The number of amides is 1. The molecule has 0 heterocycles. The van der Waals surface area contributed by atoms with Gasteiger partial charge in [-0.05, 0) is 43.7 Å². The fourth-order valence-electron chi connectivity index (χ4n) is 1.96. The van der Waals surface area contributed by atoms with Crippen LogP contribution in [0.5, 0.6) is 0 Å². The summed E-state index contributed by atoms with van der Waals surface area (Å²) >= 11 is 0. The third kappa shape index (κ3) is 2.96. The number of nitrogens with one attached hydrogen (secondary N) is 1. The molecule has 20 heavy (non-hydrogen) atoms. The number of hydrogen-bond acceptors (Lipinski definition) is 2. The zero-order valence-corrected chi connectivity index (χ0v) is 11.5. The van der Waals surface area contributed by atoms with Gasteiger partial charge in [0.2, 0.25) is 5.91 Å². The number of carbonyl (C=O) groups is 1. The zero-order valence-electron chi connectivity index (χ0n) is 11.5. The van der Waals surface area contributed by atoms with Gasteiger partial charge < -0.3 is 11.1 Å². The van der Waals surface area contributed by atoms with Crippen molar-refractivity contribution in [2.75, 3.05) is 11.1 Å². The van der Waals surface area contributed by atoms with E-state index >= 15 is 0 Å². The van der Waals surface area contributed by atoms with Crippen molar-refractivity contribution in [2.24, 2.45) is 0 Å². The van der Waals surface area contributed by atoms with Gasteiger partial charge in [0.15, 0.2) is 0 Å². The Balaban J connectivity index is 2.18. The number of carbonyl (C=O) groups excluding carboxylic acids is 1. The van der Waals surface area contributed by atoms with E-state index < -0.39 is 0 Å². The Morgan fingerprint density at radius 3 is 2.65 bits per heavy atom. The molecule has 0 radical (unpaired) electrons. The first-order valence-electron chi connectivity index (χ1n) is 6.40. The zero-order chi connectivity index (χ0) is 14.7. The fraction of sp³-hybridized carbons (Fsp3) is 0.188. The molecular weight excluding hydrogens is 255 g/mol. The average Bonchev–Trinajstić information content (AvgIpc) is 2.43. The monoisotopic (exact) mass is 272 g/mol. The molecule has 1 unspecified atom stereocenters. The first-order valence-corrected chi connectivity index (χ1v) is 6.40. The van der Waals surface area contributed by atoms with E-state index in [1.807, 2.05) is 12.1 Å². The standard InChI is InChI=1S/C16H17FN2O/c1-10(12-5-3-6-13(18)9-12)16(20)19-15-8-4-7-14(17)11(15)2/h3-10H,18H2,1-2H3,(H,19,20). The second-order valence-corrected chi connectivity index (χ2v) is 4.79. The van der Waals surface area contributed by atoms with Gasteiger partial charge in [0.25, 0.3) is 0 Å². The van der Waals surface area contributed by atoms with Crippen molar-refractivity contribution < 1.29 is 9.18 Å². The topological polar surface area (TPSA) is 55.1 Å². The van der Waals surface area contributed by atoms with Crippen molar-refractivity contribution in [1.82, 2.24) is 0 Å². The minimum absolute atomic E-state index is 0.190. The molecular formula is C16H17FN2O. The van der Waals surface area contributed by atoms with E-state index in [0.717, 1.165) is 5.56 Å². The van der Waals surface area contributed by atoms with E-state index in [1.165, 1.54) is 6.07 Å². The van der Waals surface area contributed by atoms with Crippen LogP contribution in [-0.4, -0.2) is 5.91 Å². The fourth-order valence-corrected chi connectivity index (χ4v) is 1.96. The highest BCUT2D eigenvalue weighted by molar-refractivity contribution is 5.96.